The van der Waals surface area contributed by atoms with Crippen LogP contribution in [0.25, 0.3) is 0 Å². The molecule has 0 unspecified atom stereocenters. The van der Waals surface area contributed by atoms with Crippen molar-refractivity contribution in [3.63, 3.8) is 0 Å². The summed E-state index contributed by atoms with van der Waals surface area (Å²) < 4.78 is 23.9. The van der Waals surface area contributed by atoms with Crippen LogP contribution >= 0.6 is 11.6 Å². The maximum Gasteiger partial charge on any atom is 0.488 e. The molecule has 0 amide bonds. The van der Waals surface area contributed by atoms with Crippen molar-refractivity contribution in [3.05, 3.63) is 24.3 Å². The van der Waals surface area contributed by atoms with Crippen LogP contribution in [0.15, 0.2) is 24.3 Å². The fraction of sp³-hybridized carbons (Fsp3) is 0.333. The van der Waals surface area contributed by atoms with Crippen LogP contribution < -0.4 is 10.2 Å². The first-order valence-electron chi connectivity index (χ1n) is 4.80. The third-order valence-corrected chi connectivity index (χ3v) is 2.12. The maximum atomic E-state index is 10.8. The van der Waals surface area contributed by atoms with Crippen molar-refractivity contribution >= 4 is 39.9 Å². The monoisotopic (exact) mass is 279 g/mol. The Hall–Kier alpha value is -0.755. The SMILES string of the molecule is CCCl.CS(=O)(=O)Nc1ccc(B(O)O)cc1. The summed E-state index contributed by atoms with van der Waals surface area (Å²) in [7, 11) is -4.82. The largest absolute Gasteiger partial charge is 0.488 e. The van der Waals surface area contributed by atoms with Gasteiger partial charge in [-0.15, -0.1) is 11.6 Å². The lowest BCUT2D eigenvalue weighted by atomic mass is 9.80. The van der Waals surface area contributed by atoms with Crippen LogP contribution in [0.2, 0.25) is 0 Å². The number of halogens is 1. The summed E-state index contributed by atoms with van der Waals surface area (Å²) in [6.07, 6.45) is 1.04. The lowest BCUT2D eigenvalue weighted by molar-refractivity contribution is 0.426. The molecule has 8 heteroatoms. The van der Waals surface area contributed by atoms with E-state index in [0.717, 1.165) is 12.1 Å². The Morgan fingerprint density at radius 3 is 2.00 bits per heavy atom. The minimum atomic E-state index is -3.29. The fourth-order valence-corrected chi connectivity index (χ4v) is 1.50. The molecule has 0 aliphatic heterocycles. The lowest BCUT2D eigenvalue weighted by Gasteiger charge is -2.04. The minimum Gasteiger partial charge on any atom is -0.423 e. The van der Waals surface area contributed by atoms with Crippen LogP contribution in [-0.2, 0) is 10.0 Å². The van der Waals surface area contributed by atoms with Gasteiger partial charge in [0, 0.05) is 11.6 Å². The smallest absolute Gasteiger partial charge is 0.423 e. The van der Waals surface area contributed by atoms with Gasteiger partial charge in [-0.3, -0.25) is 4.72 Å². The van der Waals surface area contributed by atoms with Crippen LogP contribution in [0, 0.1) is 0 Å². The average Bonchev–Trinajstić information content (AvgIpc) is 2.17. The van der Waals surface area contributed by atoms with E-state index in [1.165, 1.54) is 24.3 Å². The van der Waals surface area contributed by atoms with Crippen LogP contribution in [0.1, 0.15) is 6.92 Å². The van der Waals surface area contributed by atoms with Gasteiger partial charge in [0.25, 0.3) is 0 Å². The lowest BCUT2D eigenvalue weighted by Crippen LogP contribution is -2.29. The van der Waals surface area contributed by atoms with Crippen molar-refractivity contribution in [2.45, 2.75) is 6.92 Å². The number of benzene rings is 1. The molecule has 0 aromatic heterocycles. The van der Waals surface area contributed by atoms with Crippen LogP contribution in [0.3, 0.4) is 0 Å². The Bertz CT molecular complexity index is 421. The minimum absolute atomic E-state index is 0.309. The van der Waals surface area contributed by atoms with Gasteiger partial charge in [-0.1, -0.05) is 19.1 Å². The molecule has 0 spiro atoms. The Morgan fingerprint density at radius 2 is 1.71 bits per heavy atom. The van der Waals surface area contributed by atoms with Gasteiger partial charge < -0.3 is 10.0 Å². The zero-order chi connectivity index (χ0) is 13.5. The summed E-state index contributed by atoms with van der Waals surface area (Å²) in [5, 5.41) is 17.5. The number of alkyl halides is 1. The first-order valence-corrected chi connectivity index (χ1v) is 7.22. The highest BCUT2D eigenvalue weighted by molar-refractivity contribution is 7.92. The van der Waals surface area contributed by atoms with Gasteiger partial charge in [0.05, 0.1) is 6.26 Å². The molecule has 5 nitrogen and oxygen atoms in total. The summed E-state index contributed by atoms with van der Waals surface area (Å²) in [6, 6.07) is 5.77. The molecule has 0 bridgehead atoms. The third-order valence-electron chi connectivity index (χ3n) is 1.51. The van der Waals surface area contributed by atoms with E-state index in [-0.39, 0.29) is 0 Å². The molecule has 1 rings (SSSR count). The molecule has 3 N–H and O–H groups in total. The second-order valence-electron chi connectivity index (χ2n) is 3.14. The van der Waals surface area contributed by atoms with Gasteiger partial charge >= 0.3 is 7.12 Å². The van der Waals surface area contributed by atoms with E-state index in [0.29, 0.717) is 11.2 Å². The molecule has 0 heterocycles. The van der Waals surface area contributed by atoms with E-state index in [4.69, 9.17) is 21.6 Å². The highest BCUT2D eigenvalue weighted by Gasteiger charge is 2.10. The van der Waals surface area contributed by atoms with Crippen molar-refractivity contribution in [2.24, 2.45) is 0 Å². The van der Waals surface area contributed by atoms with Crippen molar-refractivity contribution in [1.82, 2.24) is 0 Å². The molecule has 96 valence electrons. The Labute approximate surface area is 107 Å². The van der Waals surface area contributed by atoms with Gasteiger partial charge in [0.15, 0.2) is 0 Å². The van der Waals surface area contributed by atoms with Crippen LogP contribution in [0.4, 0.5) is 5.69 Å². The molecule has 1 aromatic carbocycles. The first kappa shape index (κ1) is 16.2. The zero-order valence-corrected chi connectivity index (χ0v) is 11.2. The number of rotatable bonds is 3. The molecular formula is C9H15BClNO4S. The van der Waals surface area contributed by atoms with Gasteiger partial charge in [-0.2, -0.15) is 0 Å². The summed E-state index contributed by atoms with van der Waals surface area (Å²) in [5.74, 6) is 0.722. The number of anilines is 1. The predicted molar refractivity (Wildman–Crippen MR) is 71.1 cm³/mol. The van der Waals surface area contributed by atoms with Crippen molar-refractivity contribution < 1.29 is 18.5 Å². The number of sulfonamides is 1. The molecule has 0 fully saturated rings. The topological polar surface area (TPSA) is 86.6 Å². The normalized spacial score (nSPS) is 10.2. The van der Waals surface area contributed by atoms with E-state index in [1.54, 1.807) is 0 Å². The van der Waals surface area contributed by atoms with Crippen molar-refractivity contribution in [3.8, 4) is 0 Å². The zero-order valence-electron chi connectivity index (χ0n) is 9.59. The first-order chi connectivity index (χ1) is 7.80. The van der Waals surface area contributed by atoms with Crippen LogP contribution in [-0.4, -0.2) is 37.7 Å². The van der Waals surface area contributed by atoms with E-state index < -0.39 is 17.1 Å². The Kier molecular flexibility index (Phi) is 7.21. The summed E-state index contributed by atoms with van der Waals surface area (Å²) in [5.41, 5.74) is 0.695. The fourth-order valence-electron chi connectivity index (χ4n) is 0.937. The van der Waals surface area contributed by atoms with Crippen LogP contribution in [0.5, 0.6) is 0 Å². The highest BCUT2D eigenvalue weighted by Crippen LogP contribution is 2.05. The van der Waals surface area contributed by atoms with Crippen molar-refractivity contribution in [2.75, 3.05) is 16.9 Å². The Balaban J connectivity index is 0.000000770. The van der Waals surface area contributed by atoms with Gasteiger partial charge in [-0.25, -0.2) is 8.42 Å². The van der Waals surface area contributed by atoms with Gasteiger partial charge in [0.1, 0.15) is 0 Å². The van der Waals surface area contributed by atoms with Crippen molar-refractivity contribution in [1.29, 1.82) is 0 Å². The van der Waals surface area contributed by atoms with E-state index in [9.17, 15) is 8.42 Å². The molecule has 0 aliphatic carbocycles. The van der Waals surface area contributed by atoms with E-state index in [2.05, 4.69) is 4.72 Å². The van der Waals surface area contributed by atoms with E-state index in [1.807, 2.05) is 6.92 Å². The quantitative estimate of drug-likeness (QED) is 0.536. The Morgan fingerprint density at radius 1 is 1.29 bits per heavy atom. The third kappa shape index (κ3) is 8.03. The number of hydrogen-bond acceptors (Lipinski definition) is 4. The molecule has 0 aliphatic rings. The second-order valence-corrected chi connectivity index (χ2v) is 5.42. The molecule has 1 aromatic rings. The van der Waals surface area contributed by atoms with Gasteiger partial charge in [-0.05, 0) is 17.6 Å². The summed E-state index contributed by atoms with van der Waals surface area (Å²) >= 11 is 5.00. The number of nitrogens with one attached hydrogen (secondary N) is 1. The standard InChI is InChI=1S/C7H10BNO4S.C2H5Cl/c1-14(12,13)9-7-4-2-6(3-5-7)8(10)11;1-2-3/h2-5,9-11H,1H3;2H2,1H3. The van der Waals surface area contributed by atoms with Gasteiger partial charge in [0.2, 0.25) is 10.0 Å². The number of hydrogen-bond donors (Lipinski definition) is 3. The predicted octanol–water partition coefficient (Wildman–Crippen LogP) is -0.0170. The molecular weight excluding hydrogens is 264 g/mol. The average molecular weight is 280 g/mol. The molecule has 17 heavy (non-hydrogen) atoms. The molecule has 0 saturated carbocycles. The molecule has 0 radical (unpaired) electrons. The summed E-state index contributed by atoms with van der Waals surface area (Å²) in [4.78, 5) is 0. The second kappa shape index (κ2) is 7.55. The molecule has 0 atom stereocenters. The molecule has 0 saturated heterocycles. The maximum absolute atomic E-state index is 10.8. The summed E-state index contributed by atoms with van der Waals surface area (Å²) in [6.45, 7) is 1.89. The highest BCUT2D eigenvalue weighted by atomic mass is 35.5. The van der Waals surface area contributed by atoms with E-state index >= 15 is 0 Å².